The SMILES string of the molecule is Cc1ncc([C@@H](CC(=O)NC[C@H](Cc2cc3cn[nH]c3cc2Cl)N(C)C)C2(C(F)(F)F)CC2)cn1. The second-order valence-corrected chi connectivity index (χ2v) is 9.91. The van der Waals surface area contributed by atoms with Crippen LogP contribution in [0, 0.1) is 12.3 Å². The third-order valence-corrected chi connectivity index (χ3v) is 7.29. The van der Waals surface area contributed by atoms with Crippen molar-refractivity contribution < 1.29 is 18.0 Å². The van der Waals surface area contributed by atoms with E-state index in [1.165, 1.54) is 12.4 Å². The molecule has 11 heteroatoms. The Morgan fingerprint density at radius 3 is 2.51 bits per heavy atom. The molecule has 2 atom stereocenters. The number of fused-ring (bicyclic) bond motifs is 1. The van der Waals surface area contributed by atoms with Crippen molar-refractivity contribution in [1.82, 2.24) is 30.4 Å². The maximum Gasteiger partial charge on any atom is 0.395 e. The van der Waals surface area contributed by atoms with Gasteiger partial charge in [0.1, 0.15) is 5.82 Å². The number of alkyl halides is 3. The maximum atomic E-state index is 14.0. The Hall–Kier alpha value is -2.72. The number of aryl methyl sites for hydroxylation is 1. The first-order valence-corrected chi connectivity index (χ1v) is 11.8. The highest BCUT2D eigenvalue weighted by Gasteiger charge is 2.67. The predicted molar refractivity (Wildman–Crippen MR) is 127 cm³/mol. The van der Waals surface area contributed by atoms with Crippen LogP contribution in [0.5, 0.6) is 0 Å². The van der Waals surface area contributed by atoms with Gasteiger partial charge >= 0.3 is 6.18 Å². The third kappa shape index (κ3) is 5.43. The third-order valence-electron chi connectivity index (χ3n) is 6.94. The van der Waals surface area contributed by atoms with Crippen LogP contribution in [-0.2, 0) is 11.2 Å². The highest BCUT2D eigenvalue weighted by Crippen LogP contribution is 2.66. The average Bonchev–Trinajstić information content (AvgIpc) is 3.49. The van der Waals surface area contributed by atoms with E-state index in [1.807, 2.05) is 31.1 Å². The first-order valence-electron chi connectivity index (χ1n) is 11.4. The van der Waals surface area contributed by atoms with Crippen LogP contribution < -0.4 is 5.32 Å². The van der Waals surface area contributed by atoms with Crippen molar-refractivity contribution in [3.05, 3.63) is 52.7 Å². The van der Waals surface area contributed by atoms with Gasteiger partial charge in [-0.25, -0.2) is 9.97 Å². The first-order chi connectivity index (χ1) is 16.5. The minimum atomic E-state index is -4.41. The molecule has 0 radical (unpaired) electrons. The fraction of sp³-hybridized carbons (Fsp3) is 0.500. The zero-order valence-corrected chi connectivity index (χ0v) is 20.5. The van der Waals surface area contributed by atoms with Gasteiger partial charge in [0.2, 0.25) is 5.91 Å². The van der Waals surface area contributed by atoms with Crippen LogP contribution in [0.15, 0.2) is 30.7 Å². The molecule has 4 rings (SSSR count). The molecule has 1 fully saturated rings. The van der Waals surface area contributed by atoms with Gasteiger partial charge in [0, 0.05) is 47.7 Å². The van der Waals surface area contributed by atoms with Crippen LogP contribution in [0.25, 0.3) is 10.9 Å². The molecule has 0 saturated heterocycles. The molecule has 0 spiro atoms. The standard InChI is InChI=1S/C24H28ClF3N6O/c1-14-29-10-17(11-30-14)19(23(4-5-23)24(26,27)28)8-22(35)31-13-18(34(2)3)7-15-6-16-12-32-33-21(16)9-20(15)25/h6,9-12,18-19H,4-5,7-8,13H2,1-3H3,(H,31,35)(H,32,33)/t18-,19+/m0/s1. The summed E-state index contributed by atoms with van der Waals surface area (Å²) in [6.07, 6.45) is 0.381. The molecule has 2 heterocycles. The fourth-order valence-electron chi connectivity index (χ4n) is 4.53. The molecule has 0 bridgehead atoms. The summed E-state index contributed by atoms with van der Waals surface area (Å²) in [4.78, 5) is 23.0. The summed E-state index contributed by atoms with van der Waals surface area (Å²) < 4.78 is 41.9. The van der Waals surface area contributed by atoms with E-state index in [-0.39, 0.29) is 31.8 Å². The second kappa shape index (κ2) is 9.73. The molecule has 0 aliphatic heterocycles. The second-order valence-electron chi connectivity index (χ2n) is 9.50. The zero-order chi connectivity index (χ0) is 25.4. The highest BCUT2D eigenvalue weighted by atomic mass is 35.5. The van der Waals surface area contributed by atoms with E-state index in [2.05, 4.69) is 25.5 Å². The number of nitrogens with one attached hydrogen (secondary N) is 2. The molecule has 35 heavy (non-hydrogen) atoms. The summed E-state index contributed by atoms with van der Waals surface area (Å²) >= 11 is 6.45. The van der Waals surface area contributed by atoms with Gasteiger partial charge in [-0.1, -0.05) is 11.6 Å². The smallest absolute Gasteiger partial charge is 0.355 e. The number of nitrogens with zero attached hydrogens (tertiary/aromatic N) is 4. The van der Waals surface area contributed by atoms with Crippen molar-refractivity contribution in [1.29, 1.82) is 0 Å². The Balaban J connectivity index is 1.46. The van der Waals surface area contributed by atoms with Crippen molar-refractivity contribution in [2.45, 2.75) is 50.7 Å². The summed E-state index contributed by atoms with van der Waals surface area (Å²) in [5.41, 5.74) is 0.164. The number of carbonyl (C=O) groups excluding carboxylic acids is 1. The molecule has 1 aliphatic carbocycles. The summed E-state index contributed by atoms with van der Waals surface area (Å²) in [5.74, 6) is -0.997. The van der Waals surface area contributed by atoms with E-state index in [0.29, 0.717) is 22.8 Å². The average molecular weight is 509 g/mol. The molecule has 2 aromatic heterocycles. The topological polar surface area (TPSA) is 86.8 Å². The van der Waals surface area contributed by atoms with Crippen molar-refractivity contribution in [3.63, 3.8) is 0 Å². The van der Waals surface area contributed by atoms with Crippen molar-refractivity contribution in [2.24, 2.45) is 5.41 Å². The van der Waals surface area contributed by atoms with Crippen molar-refractivity contribution in [3.8, 4) is 0 Å². The summed E-state index contributed by atoms with van der Waals surface area (Å²) in [6.45, 7) is 1.93. The lowest BCUT2D eigenvalue weighted by atomic mass is 9.81. The molecule has 1 amide bonds. The Bertz CT molecular complexity index is 1190. The van der Waals surface area contributed by atoms with Crippen LogP contribution in [0.2, 0.25) is 5.02 Å². The quantitative estimate of drug-likeness (QED) is 0.447. The van der Waals surface area contributed by atoms with Gasteiger partial charge in [-0.2, -0.15) is 18.3 Å². The van der Waals surface area contributed by atoms with Gasteiger partial charge in [-0.05, 0) is 63.5 Å². The molecule has 7 nitrogen and oxygen atoms in total. The molecule has 1 aromatic carbocycles. The fourth-order valence-corrected chi connectivity index (χ4v) is 4.77. The van der Waals surface area contributed by atoms with Crippen molar-refractivity contribution >= 4 is 28.4 Å². The van der Waals surface area contributed by atoms with Crippen LogP contribution in [-0.4, -0.2) is 63.8 Å². The van der Waals surface area contributed by atoms with E-state index in [4.69, 9.17) is 11.6 Å². The lowest BCUT2D eigenvalue weighted by Crippen LogP contribution is -2.42. The normalized spacial score (nSPS) is 16.9. The number of aromatic nitrogens is 4. The van der Waals surface area contributed by atoms with E-state index in [1.54, 1.807) is 13.1 Å². The van der Waals surface area contributed by atoms with Gasteiger partial charge in [0.05, 0.1) is 17.1 Å². The lowest BCUT2D eigenvalue weighted by Gasteiger charge is -2.29. The minimum absolute atomic E-state index is 0.00235. The number of aromatic amines is 1. The van der Waals surface area contributed by atoms with Crippen LogP contribution >= 0.6 is 11.6 Å². The van der Waals surface area contributed by atoms with Gasteiger partial charge in [0.25, 0.3) is 0 Å². The van der Waals surface area contributed by atoms with E-state index in [9.17, 15) is 18.0 Å². The molecule has 1 aliphatic rings. The van der Waals surface area contributed by atoms with Crippen molar-refractivity contribution in [2.75, 3.05) is 20.6 Å². The highest BCUT2D eigenvalue weighted by molar-refractivity contribution is 6.32. The Morgan fingerprint density at radius 1 is 1.23 bits per heavy atom. The maximum absolute atomic E-state index is 14.0. The molecule has 2 N–H and O–H groups in total. The van der Waals surface area contributed by atoms with E-state index >= 15 is 0 Å². The number of likely N-dealkylation sites (N-methyl/N-ethyl adjacent to an activating group) is 1. The number of benzene rings is 1. The van der Waals surface area contributed by atoms with E-state index < -0.39 is 23.4 Å². The van der Waals surface area contributed by atoms with Gasteiger partial charge in [-0.15, -0.1) is 0 Å². The molecule has 3 aromatic rings. The molecular weight excluding hydrogens is 481 g/mol. The van der Waals surface area contributed by atoms with Crippen LogP contribution in [0.4, 0.5) is 13.2 Å². The van der Waals surface area contributed by atoms with Crippen LogP contribution in [0.1, 0.15) is 42.1 Å². The monoisotopic (exact) mass is 508 g/mol. The molecular formula is C24H28ClF3N6O. The Labute approximate surface area is 206 Å². The largest absolute Gasteiger partial charge is 0.395 e. The zero-order valence-electron chi connectivity index (χ0n) is 19.8. The summed E-state index contributed by atoms with van der Waals surface area (Å²) in [5, 5.41) is 11.3. The predicted octanol–water partition coefficient (Wildman–Crippen LogP) is 4.42. The number of halogens is 4. The number of H-pyrrole nitrogens is 1. The summed E-state index contributed by atoms with van der Waals surface area (Å²) in [7, 11) is 3.77. The number of rotatable bonds is 9. The van der Waals surface area contributed by atoms with Gasteiger partial charge in [-0.3, -0.25) is 9.89 Å². The van der Waals surface area contributed by atoms with E-state index in [0.717, 1.165) is 16.5 Å². The Kier molecular flexibility index (Phi) is 7.06. The number of hydrogen-bond donors (Lipinski definition) is 2. The van der Waals surface area contributed by atoms with Gasteiger partial charge < -0.3 is 10.2 Å². The Morgan fingerprint density at radius 2 is 1.91 bits per heavy atom. The molecule has 188 valence electrons. The van der Waals surface area contributed by atoms with Crippen LogP contribution in [0.3, 0.4) is 0 Å². The van der Waals surface area contributed by atoms with Gasteiger partial charge in [0.15, 0.2) is 0 Å². The minimum Gasteiger partial charge on any atom is -0.355 e. The lowest BCUT2D eigenvalue weighted by molar-refractivity contribution is -0.194. The molecule has 1 saturated carbocycles. The first kappa shape index (κ1) is 25.4. The number of hydrogen-bond acceptors (Lipinski definition) is 5. The summed E-state index contributed by atoms with van der Waals surface area (Å²) in [6, 6.07) is 3.65. The number of amides is 1. The molecule has 0 unspecified atom stereocenters. The number of carbonyl (C=O) groups is 1.